The topological polar surface area (TPSA) is 35.5 Å². The Balaban J connectivity index is 4.08. The molecule has 0 saturated heterocycles. The maximum Gasteiger partial charge on any atom is 0.335 e. The molecule has 0 rings (SSSR count). The van der Waals surface area contributed by atoms with Gasteiger partial charge in [0.1, 0.15) is 0 Å². The van der Waals surface area contributed by atoms with Crippen molar-refractivity contribution < 1.29 is 14.1 Å². The minimum absolute atomic E-state index is 0.192. The van der Waals surface area contributed by atoms with Gasteiger partial charge in [-0.1, -0.05) is 85.0 Å². The van der Waals surface area contributed by atoms with E-state index in [-0.39, 0.29) is 5.97 Å². The van der Waals surface area contributed by atoms with Crippen LogP contribution in [0.15, 0.2) is 0 Å². The van der Waals surface area contributed by atoms with E-state index in [0.717, 1.165) is 19.3 Å². The van der Waals surface area contributed by atoms with E-state index in [9.17, 15) is 4.79 Å². The van der Waals surface area contributed by atoms with Gasteiger partial charge in [0, 0.05) is 9.47 Å². The highest BCUT2D eigenvalue weighted by Crippen LogP contribution is 2.19. The van der Waals surface area contributed by atoms with Crippen LogP contribution in [0.1, 0.15) is 104 Å². The molecule has 0 spiro atoms. The molecule has 0 aliphatic rings. The molecule has 0 heterocycles. The van der Waals surface area contributed by atoms with Gasteiger partial charge in [0.15, 0.2) is 6.10 Å². The first-order chi connectivity index (χ1) is 11.7. The molecule has 3 unspecified atom stereocenters. The molecular formula is C20H41O3P. The highest BCUT2D eigenvalue weighted by atomic mass is 31.0. The van der Waals surface area contributed by atoms with Gasteiger partial charge in [-0.15, -0.1) is 0 Å². The molecule has 0 aliphatic carbocycles. The standard InChI is InChI=1S/C20H41O3P/c1-4-7-10-11-12-13-15-18(14-8-5-2)17-22-20(21)19(23-24)16-9-6-3/h18-19H,4-17,24H2,1-3H3. The molecule has 0 fully saturated rings. The van der Waals surface area contributed by atoms with Gasteiger partial charge in [0.05, 0.1) is 6.61 Å². The predicted molar refractivity (Wildman–Crippen MR) is 106 cm³/mol. The van der Waals surface area contributed by atoms with Crippen molar-refractivity contribution in [3.05, 3.63) is 0 Å². The SMILES string of the molecule is CCCCCCCCC(CCCC)COC(=O)C(CCCC)OP. The van der Waals surface area contributed by atoms with E-state index < -0.39 is 6.10 Å². The number of hydrogen-bond donors (Lipinski definition) is 0. The summed E-state index contributed by atoms with van der Waals surface area (Å²) in [5.41, 5.74) is 0. The maximum absolute atomic E-state index is 12.1. The summed E-state index contributed by atoms with van der Waals surface area (Å²) in [6, 6.07) is 0. The first kappa shape index (κ1) is 23.9. The second-order valence-electron chi connectivity index (χ2n) is 6.96. The van der Waals surface area contributed by atoms with E-state index >= 15 is 0 Å². The minimum Gasteiger partial charge on any atom is -0.463 e. The zero-order valence-corrected chi connectivity index (χ0v) is 17.5. The molecule has 0 N–H and O–H groups in total. The van der Waals surface area contributed by atoms with Crippen LogP contribution in [0.25, 0.3) is 0 Å². The van der Waals surface area contributed by atoms with Gasteiger partial charge in [0.2, 0.25) is 0 Å². The third kappa shape index (κ3) is 13.2. The molecule has 0 amide bonds. The molecule has 0 bridgehead atoms. The average Bonchev–Trinajstić information content (AvgIpc) is 2.60. The summed E-state index contributed by atoms with van der Waals surface area (Å²) in [6.45, 7) is 7.15. The Hall–Kier alpha value is -0.140. The van der Waals surface area contributed by atoms with Gasteiger partial charge in [-0.25, -0.2) is 4.79 Å². The Kier molecular flexibility index (Phi) is 17.6. The summed E-state index contributed by atoms with van der Waals surface area (Å²) >= 11 is 0. The molecule has 4 heteroatoms. The van der Waals surface area contributed by atoms with Gasteiger partial charge in [0.25, 0.3) is 0 Å². The number of rotatable bonds is 17. The lowest BCUT2D eigenvalue weighted by atomic mass is 9.95. The Morgan fingerprint density at radius 1 is 0.792 bits per heavy atom. The first-order valence-electron chi connectivity index (χ1n) is 10.2. The summed E-state index contributed by atoms with van der Waals surface area (Å²) in [7, 11) is 2.21. The monoisotopic (exact) mass is 360 g/mol. The molecule has 0 aromatic carbocycles. The van der Waals surface area contributed by atoms with Crippen molar-refractivity contribution in [2.24, 2.45) is 5.92 Å². The number of hydrogen-bond acceptors (Lipinski definition) is 3. The smallest absolute Gasteiger partial charge is 0.335 e. The zero-order chi connectivity index (χ0) is 18.0. The van der Waals surface area contributed by atoms with Crippen LogP contribution in [-0.2, 0) is 14.1 Å². The summed E-state index contributed by atoms with van der Waals surface area (Å²) in [6.07, 6.45) is 15.1. The van der Waals surface area contributed by atoms with E-state index in [0.29, 0.717) is 12.5 Å². The van der Waals surface area contributed by atoms with Crippen LogP contribution in [0, 0.1) is 5.92 Å². The van der Waals surface area contributed by atoms with E-state index in [1.165, 1.54) is 64.2 Å². The van der Waals surface area contributed by atoms with Crippen molar-refractivity contribution in [2.45, 2.75) is 110 Å². The predicted octanol–water partition coefficient (Wildman–Crippen LogP) is 6.45. The molecule has 0 aromatic heterocycles. The average molecular weight is 361 g/mol. The second-order valence-corrected chi connectivity index (χ2v) is 7.23. The summed E-state index contributed by atoms with van der Waals surface area (Å²) in [4.78, 5) is 12.1. The lowest BCUT2D eigenvalue weighted by Crippen LogP contribution is -2.26. The minimum atomic E-state index is -0.421. The number of unbranched alkanes of at least 4 members (excludes halogenated alkanes) is 7. The van der Waals surface area contributed by atoms with Gasteiger partial charge < -0.3 is 9.26 Å². The normalized spacial score (nSPS) is 13.7. The molecule has 0 radical (unpaired) electrons. The first-order valence-corrected chi connectivity index (χ1v) is 10.7. The lowest BCUT2D eigenvalue weighted by molar-refractivity contribution is -0.153. The van der Waals surface area contributed by atoms with Crippen LogP contribution < -0.4 is 0 Å². The molecule has 24 heavy (non-hydrogen) atoms. The fourth-order valence-corrected chi connectivity index (χ4v) is 3.19. The van der Waals surface area contributed by atoms with Crippen molar-refractivity contribution in [2.75, 3.05) is 6.61 Å². The summed E-state index contributed by atoms with van der Waals surface area (Å²) < 4.78 is 10.8. The molecule has 0 aromatic rings. The number of ether oxygens (including phenoxy) is 1. The third-order valence-electron chi connectivity index (χ3n) is 4.64. The Morgan fingerprint density at radius 3 is 1.96 bits per heavy atom. The zero-order valence-electron chi connectivity index (χ0n) is 16.4. The Morgan fingerprint density at radius 2 is 1.33 bits per heavy atom. The van der Waals surface area contributed by atoms with E-state index in [2.05, 4.69) is 30.2 Å². The molecule has 0 saturated carbocycles. The fraction of sp³-hybridized carbons (Fsp3) is 0.950. The molecule has 0 aliphatic heterocycles. The Bertz CT molecular complexity index is 284. The number of esters is 1. The summed E-state index contributed by atoms with van der Waals surface area (Å²) in [5, 5.41) is 0. The molecular weight excluding hydrogens is 319 g/mol. The van der Waals surface area contributed by atoms with Gasteiger partial charge in [-0.3, -0.25) is 0 Å². The number of carbonyl (C=O) groups is 1. The van der Waals surface area contributed by atoms with Crippen molar-refractivity contribution in [1.29, 1.82) is 0 Å². The van der Waals surface area contributed by atoms with Crippen LogP contribution in [0.5, 0.6) is 0 Å². The quantitative estimate of drug-likeness (QED) is 0.170. The van der Waals surface area contributed by atoms with E-state index in [4.69, 9.17) is 9.26 Å². The van der Waals surface area contributed by atoms with Gasteiger partial charge in [-0.05, 0) is 25.2 Å². The fourth-order valence-electron chi connectivity index (χ4n) is 2.94. The van der Waals surface area contributed by atoms with Crippen molar-refractivity contribution in [3.8, 4) is 0 Å². The highest BCUT2D eigenvalue weighted by Gasteiger charge is 2.20. The van der Waals surface area contributed by atoms with E-state index in [1.54, 1.807) is 0 Å². The van der Waals surface area contributed by atoms with Gasteiger partial charge >= 0.3 is 5.97 Å². The molecule has 3 nitrogen and oxygen atoms in total. The van der Waals surface area contributed by atoms with E-state index in [1.807, 2.05) is 0 Å². The van der Waals surface area contributed by atoms with Crippen molar-refractivity contribution >= 4 is 15.4 Å². The van der Waals surface area contributed by atoms with Crippen LogP contribution >= 0.6 is 9.47 Å². The second kappa shape index (κ2) is 17.7. The maximum atomic E-state index is 12.1. The van der Waals surface area contributed by atoms with Crippen molar-refractivity contribution in [3.63, 3.8) is 0 Å². The number of carbonyl (C=O) groups excluding carboxylic acids is 1. The molecule has 3 atom stereocenters. The van der Waals surface area contributed by atoms with Crippen LogP contribution in [0.2, 0.25) is 0 Å². The lowest BCUT2D eigenvalue weighted by Gasteiger charge is -2.19. The van der Waals surface area contributed by atoms with Crippen LogP contribution in [0.4, 0.5) is 0 Å². The van der Waals surface area contributed by atoms with Crippen LogP contribution in [-0.4, -0.2) is 18.7 Å². The highest BCUT2D eigenvalue weighted by molar-refractivity contribution is 7.09. The van der Waals surface area contributed by atoms with Crippen LogP contribution in [0.3, 0.4) is 0 Å². The van der Waals surface area contributed by atoms with Crippen molar-refractivity contribution in [1.82, 2.24) is 0 Å². The summed E-state index contributed by atoms with van der Waals surface area (Å²) in [5.74, 6) is 0.319. The largest absolute Gasteiger partial charge is 0.463 e. The Labute approximate surface area is 152 Å². The van der Waals surface area contributed by atoms with Gasteiger partial charge in [-0.2, -0.15) is 0 Å². The third-order valence-corrected chi connectivity index (χ3v) is 4.97. The molecule has 144 valence electrons.